The Morgan fingerprint density at radius 1 is 1.25 bits per heavy atom. The van der Waals surface area contributed by atoms with Gasteiger partial charge >= 0.3 is 0 Å². The van der Waals surface area contributed by atoms with Crippen molar-refractivity contribution in [2.75, 3.05) is 13.1 Å². The quantitative estimate of drug-likeness (QED) is 0.780. The molecule has 0 N–H and O–H groups in total. The van der Waals surface area contributed by atoms with Crippen LogP contribution < -0.4 is 0 Å². The zero-order valence-electron chi connectivity index (χ0n) is 14.0. The highest BCUT2D eigenvalue weighted by Crippen LogP contribution is 2.41. The van der Waals surface area contributed by atoms with E-state index in [1.807, 2.05) is 24.5 Å². The minimum absolute atomic E-state index is 0.232. The van der Waals surface area contributed by atoms with Gasteiger partial charge in [0, 0.05) is 23.9 Å². The number of benzene rings is 1. The third kappa shape index (κ3) is 3.06. The summed E-state index contributed by atoms with van der Waals surface area (Å²) in [6.07, 6.45) is 9.32. The number of halogens is 1. The molecule has 1 aromatic carbocycles. The van der Waals surface area contributed by atoms with Gasteiger partial charge in [0.15, 0.2) is 0 Å². The summed E-state index contributed by atoms with van der Waals surface area (Å²) >= 11 is 6.12. The summed E-state index contributed by atoms with van der Waals surface area (Å²) in [5.74, 6) is 0.605. The van der Waals surface area contributed by atoms with Gasteiger partial charge in [-0.05, 0) is 49.0 Å². The van der Waals surface area contributed by atoms with Crippen LogP contribution in [0.4, 0.5) is 0 Å². The summed E-state index contributed by atoms with van der Waals surface area (Å²) in [4.78, 5) is 14.8. The van der Waals surface area contributed by atoms with Crippen LogP contribution in [0.5, 0.6) is 0 Å². The predicted octanol–water partition coefficient (Wildman–Crippen LogP) is 4.65. The van der Waals surface area contributed by atoms with Crippen molar-refractivity contribution in [3.8, 4) is 0 Å². The zero-order chi connectivity index (χ0) is 16.6. The molecular formula is C20H24ClNO2. The zero-order valence-corrected chi connectivity index (χ0v) is 14.7. The first-order valence-corrected chi connectivity index (χ1v) is 9.45. The highest BCUT2D eigenvalue weighted by molar-refractivity contribution is 6.30. The standard InChI is InChI=1S/C20H24ClNO2/c21-18-8-3-7-16(11-18)17-12-20(24-13-17)9-4-10-22(14-20)19(23)15-5-1-2-6-15/h3,7-8,11,13,15H,1-2,4-6,9-10,12,14H2. The molecule has 3 nitrogen and oxygen atoms in total. The molecule has 1 spiro atoms. The Balaban J connectivity index is 1.45. The number of likely N-dealkylation sites (tertiary alicyclic amines) is 1. The summed E-state index contributed by atoms with van der Waals surface area (Å²) < 4.78 is 6.13. The summed E-state index contributed by atoms with van der Waals surface area (Å²) in [5, 5.41) is 0.746. The molecule has 4 rings (SSSR count). The van der Waals surface area contributed by atoms with Crippen LogP contribution in [0.3, 0.4) is 0 Å². The molecular weight excluding hydrogens is 322 g/mol. The van der Waals surface area contributed by atoms with Gasteiger partial charge in [0.05, 0.1) is 12.8 Å². The lowest BCUT2D eigenvalue weighted by molar-refractivity contribution is -0.141. The molecule has 1 aliphatic carbocycles. The Morgan fingerprint density at radius 2 is 2.08 bits per heavy atom. The largest absolute Gasteiger partial charge is 0.492 e. The molecule has 24 heavy (non-hydrogen) atoms. The van der Waals surface area contributed by atoms with E-state index >= 15 is 0 Å². The van der Waals surface area contributed by atoms with Crippen molar-refractivity contribution < 1.29 is 9.53 Å². The van der Waals surface area contributed by atoms with Gasteiger partial charge in [-0.3, -0.25) is 4.79 Å². The van der Waals surface area contributed by atoms with Gasteiger partial charge < -0.3 is 9.64 Å². The van der Waals surface area contributed by atoms with Gasteiger partial charge in [-0.15, -0.1) is 0 Å². The van der Waals surface area contributed by atoms with E-state index in [1.54, 1.807) is 0 Å². The maximum absolute atomic E-state index is 12.8. The van der Waals surface area contributed by atoms with Crippen molar-refractivity contribution in [1.29, 1.82) is 0 Å². The van der Waals surface area contributed by atoms with Crippen molar-refractivity contribution in [3.05, 3.63) is 41.1 Å². The van der Waals surface area contributed by atoms with Crippen LogP contribution in [0.2, 0.25) is 5.02 Å². The summed E-state index contributed by atoms with van der Waals surface area (Å²) in [7, 11) is 0. The van der Waals surface area contributed by atoms with Crippen molar-refractivity contribution >= 4 is 23.1 Å². The molecule has 4 heteroatoms. The third-order valence-corrected chi connectivity index (χ3v) is 5.95. The summed E-state index contributed by atoms with van der Waals surface area (Å²) in [6, 6.07) is 7.92. The van der Waals surface area contributed by atoms with Crippen LogP contribution in [0.15, 0.2) is 30.5 Å². The molecule has 0 bridgehead atoms. The molecule has 1 saturated carbocycles. The Labute approximate surface area is 148 Å². The van der Waals surface area contributed by atoms with Gasteiger partial charge in [-0.2, -0.15) is 0 Å². The Kier molecular flexibility index (Phi) is 4.29. The second-order valence-corrected chi connectivity index (χ2v) is 7.91. The van der Waals surface area contributed by atoms with Crippen LogP contribution in [0.25, 0.3) is 5.57 Å². The number of carbonyl (C=O) groups is 1. The Morgan fingerprint density at radius 3 is 2.88 bits per heavy atom. The van der Waals surface area contributed by atoms with Gasteiger partial charge in [0.2, 0.25) is 5.91 Å². The number of rotatable bonds is 2. The van der Waals surface area contributed by atoms with Gasteiger partial charge in [-0.25, -0.2) is 0 Å². The molecule has 2 fully saturated rings. The molecule has 1 unspecified atom stereocenters. The molecule has 128 valence electrons. The number of hydrogen-bond acceptors (Lipinski definition) is 2. The smallest absolute Gasteiger partial charge is 0.225 e. The Bertz CT molecular complexity index is 665. The summed E-state index contributed by atoms with van der Waals surface area (Å²) in [5.41, 5.74) is 2.08. The summed E-state index contributed by atoms with van der Waals surface area (Å²) in [6.45, 7) is 1.61. The first-order chi connectivity index (χ1) is 11.7. The molecule has 0 aromatic heterocycles. The SMILES string of the molecule is O=C(C1CCCC1)N1CCCC2(CC(c3cccc(Cl)c3)=CO2)C1. The fourth-order valence-corrected chi connectivity index (χ4v) is 4.63. The highest BCUT2D eigenvalue weighted by Gasteiger charge is 2.43. The molecule has 2 heterocycles. The first-order valence-electron chi connectivity index (χ1n) is 9.07. The van der Waals surface area contributed by atoms with E-state index in [1.165, 1.54) is 18.4 Å². The van der Waals surface area contributed by atoms with E-state index < -0.39 is 0 Å². The van der Waals surface area contributed by atoms with Crippen LogP contribution in [0.1, 0.15) is 50.5 Å². The fraction of sp³-hybridized carbons (Fsp3) is 0.550. The first kappa shape index (κ1) is 16.0. The molecule has 1 saturated heterocycles. The predicted molar refractivity (Wildman–Crippen MR) is 95.6 cm³/mol. The number of piperidine rings is 1. The van der Waals surface area contributed by atoms with Gasteiger partial charge in [0.1, 0.15) is 5.60 Å². The average Bonchev–Trinajstić information content (AvgIpc) is 3.25. The lowest BCUT2D eigenvalue weighted by Gasteiger charge is -2.40. The molecule has 1 atom stereocenters. The fourth-order valence-electron chi connectivity index (χ4n) is 4.44. The van der Waals surface area contributed by atoms with E-state index in [0.29, 0.717) is 5.91 Å². The number of nitrogens with zero attached hydrogens (tertiary/aromatic N) is 1. The Hall–Kier alpha value is -1.48. The second-order valence-electron chi connectivity index (χ2n) is 7.48. The maximum atomic E-state index is 12.8. The third-order valence-electron chi connectivity index (χ3n) is 5.71. The van der Waals surface area contributed by atoms with Gasteiger partial charge in [0.25, 0.3) is 0 Å². The van der Waals surface area contributed by atoms with Crippen LogP contribution >= 0.6 is 11.6 Å². The van der Waals surface area contributed by atoms with E-state index in [9.17, 15) is 4.79 Å². The van der Waals surface area contributed by atoms with Crippen molar-refractivity contribution in [2.24, 2.45) is 5.92 Å². The van der Waals surface area contributed by atoms with Gasteiger partial charge in [-0.1, -0.05) is 36.6 Å². The average molecular weight is 346 g/mol. The van der Waals surface area contributed by atoms with E-state index in [4.69, 9.17) is 16.3 Å². The van der Waals surface area contributed by atoms with Crippen molar-refractivity contribution in [3.63, 3.8) is 0 Å². The number of ether oxygens (including phenoxy) is 1. The minimum Gasteiger partial charge on any atom is -0.492 e. The van der Waals surface area contributed by atoms with E-state index in [2.05, 4.69) is 11.0 Å². The lowest BCUT2D eigenvalue weighted by atomic mass is 9.86. The normalized spacial score (nSPS) is 27.4. The minimum atomic E-state index is -0.232. The van der Waals surface area contributed by atoms with E-state index in [-0.39, 0.29) is 11.5 Å². The van der Waals surface area contributed by atoms with Crippen LogP contribution in [-0.4, -0.2) is 29.5 Å². The molecule has 1 aromatic rings. The molecule has 1 amide bonds. The monoisotopic (exact) mass is 345 g/mol. The van der Waals surface area contributed by atoms with Crippen LogP contribution in [0, 0.1) is 5.92 Å². The second kappa shape index (κ2) is 6.44. The lowest BCUT2D eigenvalue weighted by Crippen LogP contribution is -2.51. The van der Waals surface area contributed by atoms with Crippen molar-refractivity contribution in [2.45, 2.75) is 50.5 Å². The number of amides is 1. The topological polar surface area (TPSA) is 29.5 Å². The maximum Gasteiger partial charge on any atom is 0.225 e. The van der Waals surface area contributed by atoms with E-state index in [0.717, 1.165) is 55.8 Å². The number of hydrogen-bond donors (Lipinski definition) is 0. The van der Waals surface area contributed by atoms with Crippen molar-refractivity contribution in [1.82, 2.24) is 4.90 Å². The number of carbonyl (C=O) groups excluding carboxylic acids is 1. The van der Waals surface area contributed by atoms with Crippen LogP contribution in [-0.2, 0) is 9.53 Å². The highest BCUT2D eigenvalue weighted by atomic mass is 35.5. The molecule has 3 aliphatic rings. The molecule has 2 aliphatic heterocycles. The molecule has 0 radical (unpaired) electrons.